The molecule has 0 bridgehead atoms. The molecule has 194 valence electrons. The zero-order valence-electron chi connectivity index (χ0n) is 20.2. The van der Waals surface area contributed by atoms with Gasteiger partial charge in [-0.25, -0.2) is 4.79 Å². The lowest BCUT2D eigenvalue weighted by atomic mass is 9.99. The molecule has 10 N–H and O–H groups in total. The average Bonchev–Trinajstić information content (AvgIpc) is 2.83. The minimum absolute atomic E-state index is 0.0651. The lowest BCUT2D eigenvalue weighted by Crippen LogP contribution is -2.54. The molecule has 0 saturated carbocycles. The van der Waals surface area contributed by atoms with Crippen molar-refractivity contribution in [1.29, 1.82) is 0 Å². The summed E-state index contributed by atoms with van der Waals surface area (Å²) in [5.74, 6) is -3.15. The van der Waals surface area contributed by atoms with E-state index in [2.05, 4.69) is 20.9 Å². The second kappa shape index (κ2) is 15.3. The van der Waals surface area contributed by atoms with Crippen molar-refractivity contribution in [2.75, 3.05) is 13.1 Å². The van der Waals surface area contributed by atoms with E-state index in [1.54, 1.807) is 30.3 Å². The van der Waals surface area contributed by atoms with Crippen molar-refractivity contribution in [1.82, 2.24) is 16.0 Å². The normalized spacial score (nSPS) is 14.0. The molecular formula is C23H37N7O5. The minimum atomic E-state index is -1.21. The Morgan fingerprint density at radius 1 is 1.03 bits per heavy atom. The van der Waals surface area contributed by atoms with E-state index in [1.165, 1.54) is 0 Å². The monoisotopic (exact) mass is 491 g/mol. The third kappa shape index (κ3) is 11.3. The number of carbonyl (C=O) groups is 4. The number of nitrogens with zero attached hydrogens (tertiary/aromatic N) is 1. The fourth-order valence-corrected chi connectivity index (χ4v) is 3.14. The van der Waals surface area contributed by atoms with Crippen molar-refractivity contribution in [3.05, 3.63) is 35.9 Å². The highest BCUT2D eigenvalue weighted by atomic mass is 16.4. The number of nitrogens with two attached hydrogens (primary N) is 3. The summed E-state index contributed by atoms with van der Waals surface area (Å²) in [6.45, 7) is 3.57. The van der Waals surface area contributed by atoms with Gasteiger partial charge in [-0.1, -0.05) is 50.6 Å². The molecule has 0 aliphatic heterocycles. The van der Waals surface area contributed by atoms with Gasteiger partial charge in [-0.05, 0) is 24.3 Å². The van der Waals surface area contributed by atoms with Gasteiger partial charge in [0.1, 0.15) is 12.1 Å². The number of hydrogen-bond donors (Lipinski definition) is 7. The predicted molar refractivity (Wildman–Crippen MR) is 132 cm³/mol. The molecule has 0 radical (unpaired) electrons. The van der Waals surface area contributed by atoms with Crippen LogP contribution < -0.4 is 33.2 Å². The summed E-state index contributed by atoms with van der Waals surface area (Å²) < 4.78 is 0. The van der Waals surface area contributed by atoms with Crippen LogP contribution in [0.4, 0.5) is 0 Å². The summed E-state index contributed by atoms with van der Waals surface area (Å²) in [6, 6.07) is 5.82. The van der Waals surface area contributed by atoms with E-state index in [-0.39, 0.29) is 37.8 Å². The van der Waals surface area contributed by atoms with Gasteiger partial charge in [0, 0.05) is 13.0 Å². The maximum Gasteiger partial charge on any atom is 0.326 e. The van der Waals surface area contributed by atoms with Crippen LogP contribution in [0.3, 0.4) is 0 Å². The number of guanidine groups is 1. The SMILES string of the molecule is CCC(C)C(N)C(=O)NCC(=O)NC(CCCN=C(N)N)C(=O)NC(Cc1ccccc1)C(=O)O. The maximum atomic E-state index is 12.9. The van der Waals surface area contributed by atoms with E-state index in [4.69, 9.17) is 17.2 Å². The van der Waals surface area contributed by atoms with Gasteiger partial charge in [0.05, 0.1) is 12.6 Å². The van der Waals surface area contributed by atoms with Gasteiger partial charge in [0.2, 0.25) is 17.7 Å². The van der Waals surface area contributed by atoms with Gasteiger partial charge in [-0.3, -0.25) is 19.4 Å². The molecule has 0 heterocycles. The first-order valence-corrected chi connectivity index (χ1v) is 11.5. The van der Waals surface area contributed by atoms with Gasteiger partial charge in [0.25, 0.3) is 0 Å². The molecule has 0 saturated heterocycles. The second-order valence-corrected chi connectivity index (χ2v) is 8.29. The van der Waals surface area contributed by atoms with Crippen LogP contribution in [-0.2, 0) is 25.6 Å². The Morgan fingerprint density at radius 2 is 1.69 bits per heavy atom. The quantitative estimate of drug-likeness (QED) is 0.0898. The summed E-state index contributed by atoms with van der Waals surface area (Å²) in [6.07, 6.45) is 1.26. The number of amides is 3. The highest BCUT2D eigenvalue weighted by Crippen LogP contribution is 2.06. The largest absolute Gasteiger partial charge is 0.480 e. The summed E-state index contributed by atoms with van der Waals surface area (Å²) in [5.41, 5.74) is 17.2. The fraction of sp³-hybridized carbons (Fsp3) is 0.522. The molecular weight excluding hydrogens is 454 g/mol. The zero-order valence-corrected chi connectivity index (χ0v) is 20.2. The smallest absolute Gasteiger partial charge is 0.326 e. The first-order chi connectivity index (χ1) is 16.5. The molecule has 0 aliphatic rings. The molecule has 35 heavy (non-hydrogen) atoms. The molecule has 3 amide bonds. The summed E-state index contributed by atoms with van der Waals surface area (Å²) in [4.78, 5) is 53.1. The first kappa shape index (κ1) is 29.4. The number of nitrogens with one attached hydrogen (secondary N) is 3. The summed E-state index contributed by atoms with van der Waals surface area (Å²) in [7, 11) is 0. The number of carboxylic acid groups (broad SMARTS) is 1. The second-order valence-electron chi connectivity index (χ2n) is 8.29. The summed E-state index contributed by atoms with van der Waals surface area (Å²) >= 11 is 0. The molecule has 0 fully saturated rings. The fourth-order valence-electron chi connectivity index (χ4n) is 3.14. The lowest BCUT2D eigenvalue weighted by Gasteiger charge is -2.22. The Hall–Kier alpha value is -3.67. The standard InChI is InChI=1S/C23H37N7O5/c1-3-14(2)19(24)21(33)28-13-18(31)29-16(10-7-11-27-23(25)26)20(32)30-17(22(34)35)12-15-8-5-4-6-9-15/h4-6,8-9,14,16-17,19H,3,7,10-13,24H2,1-2H3,(H,28,33)(H,29,31)(H,30,32)(H,34,35)(H4,25,26,27). The number of aliphatic carboxylic acids is 1. The number of carbonyl (C=O) groups excluding carboxylic acids is 3. The number of benzene rings is 1. The number of rotatable bonds is 15. The third-order valence-corrected chi connectivity index (χ3v) is 5.48. The maximum absolute atomic E-state index is 12.9. The molecule has 0 spiro atoms. The molecule has 1 aromatic carbocycles. The van der Waals surface area contributed by atoms with Crippen LogP contribution in [0.15, 0.2) is 35.3 Å². The van der Waals surface area contributed by atoms with E-state index >= 15 is 0 Å². The van der Waals surface area contributed by atoms with E-state index in [0.29, 0.717) is 12.8 Å². The topological polar surface area (TPSA) is 215 Å². The molecule has 1 aromatic rings. The Labute approximate surface area is 205 Å². The Kier molecular flexibility index (Phi) is 12.8. The zero-order chi connectivity index (χ0) is 26.4. The Balaban J connectivity index is 2.82. The molecule has 1 rings (SSSR count). The van der Waals surface area contributed by atoms with E-state index in [9.17, 15) is 24.3 Å². The number of hydrogen-bond acceptors (Lipinski definition) is 6. The average molecular weight is 492 g/mol. The van der Waals surface area contributed by atoms with Crippen LogP contribution in [0, 0.1) is 5.92 Å². The lowest BCUT2D eigenvalue weighted by molar-refractivity contribution is -0.142. The van der Waals surface area contributed by atoms with Crippen molar-refractivity contribution < 1.29 is 24.3 Å². The van der Waals surface area contributed by atoms with Crippen LogP contribution in [-0.4, -0.2) is 66.0 Å². The minimum Gasteiger partial charge on any atom is -0.480 e. The molecule has 12 heteroatoms. The van der Waals surface area contributed by atoms with Crippen LogP contribution in [0.1, 0.15) is 38.7 Å². The van der Waals surface area contributed by atoms with E-state index in [1.807, 2.05) is 13.8 Å². The van der Waals surface area contributed by atoms with Crippen molar-refractivity contribution in [3.8, 4) is 0 Å². The van der Waals surface area contributed by atoms with E-state index < -0.39 is 41.8 Å². The third-order valence-electron chi connectivity index (χ3n) is 5.48. The van der Waals surface area contributed by atoms with Crippen LogP contribution >= 0.6 is 0 Å². The summed E-state index contributed by atoms with van der Waals surface area (Å²) in [5, 5.41) is 17.1. The first-order valence-electron chi connectivity index (χ1n) is 11.5. The highest BCUT2D eigenvalue weighted by Gasteiger charge is 2.27. The van der Waals surface area contributed by atoms with Crippen LogP contribution in [0.25, 0.3) is 0 Å². The van der Waals surface area contributed by atoms with Gasteiger partial charge in [-0.15, -0.1) is 0 Å². The van der Waals surface area contributed by atoms with E-state index in [0.717, 1.165) is 5.56 Å². The van der Waals surface area contributed by atoms with Gasteiger partial charge in [0.15, 0.2) is 5.96 Å². The number of carboxylic acids is 1. The highest BCUT2D eigenvalue weighted by molar-refractivity contribution is 5.92. The predicted octanol–water partition coefficient (Wildman–Crippen LogP) is -1.17. The Bertz CT molecular complexity index is 874. The van der Waals surface area contributed by atoms with Crippen molar-refractivity contribution in [2.24, 2.45) is 28.1 Å². The molecule has 0 aromatic heterocycles. The molecule has 4 atom stereocenters. The molecule has 4 unspecified atom stereocenters. The van der Waals surface area contributed by atoms with Crippen LogP contribution in [0.2, 0.25) is 0 Å². The Morgan fingerprint density at radius 3 is 2.26 bits per heavy atom. The van der Waals surface area contributed by atoms with Gasteiger partial charge < -0.3 is 38.3 Å². The van der Waals surface area contributed by atoms with Crippen molar-refractivity contribution >= 4 is 29.7 Å². The number of aliphatic imine (C=N–C) groups is 1. The molecule has 0 aliphatic carbocycles. The van der Waals surface area contributed by atoms with Crippen molar-refractivity contribution in [3.63, 3.8) is 0 Å². The van der Waals surface area contributed by atoms with Gasteiger partial charge in [-0.2, -0.15) is 0 Å². The van der Waals surface area contributed by atoms with Crippen LogP contribution in [0.5, 0.6) is 0 Å². The van der Waals surface area contributed by atoms with Gasteiger partial charge >= 0.3 is 5.97 Å². The van der Waals surface area contributed by atoms with Crippen molar-refractivity contribution in [2.45, 2.75) is 57.7 Å². The molecule has 12 nitrogen and oxygen atoms in total.